The Morgan fingerprint density at radius 3 is 1.32 bits per heavy atom. The molecule has 0 fully saturated rings. The number of hydrogen-bond donors (Lipinski definition) is 0. The van der Waals surface area contributed by atoms with E-state index in [1.165, 1.54) is 24.3 Å². The molecule has 2 aromatic rings. The molecule has 0 saturated heterocycles. The van der Waals surface area contributed by atoms with E-state index in [1.807, 2.05) is 0 Å². The first-order valence-electron chi connectivity index (χ1n) is 6.71. The molecule has 0 spiro atoms. The average molecular weight is 346 g/mol. The van der Waals surface area contributed by atoms with Gasteiger partial charge in [0.05, 0.1) is 21.0 Å². The molecular weight excluding hydrogens is 336 g/mol. The summed E-state index contributed by atoms with van der Waals surface area (Å²) >= 11 is 0. The Balaban J connectivity index is 1.86. The highest BCUT2D eigenvalue weighted by Crippen LogP contribution is 2.14. The van der Waals surface area contributed by atoms with Crippen molar-refractivity contribution in [1.29, 1.82) is 0 Å². The molecule has 0 aliphatic rings. The smallest absolute Gasteiger partial charge is 0.341 e. The van der Waals surface area contributed by atoms with E-state index in [2.05, 4.69) is 0 Å². The van der Waals surface area contributed by atoms with E-state index in [1.54, 1.807) is 0 Å². The number of nitro benzene ring substituents is 2. The van der Waals surface area contributed by atoms with Gasteiger partial charge in [-0.1, -0.05) is 0 Å². The van der Waals surface area contributed by atoms with Gasteiger partial charge in [0.1, 0.15) is 0 Å². The number of esters is 2. The molecule has 0 heterocycles. The fourth-order valence-electron chi connectivity index (χ4n) is 1.74. The van der Waals surface area contributed by atoms with Crippen molar-refractivity contribution in [1.82, 2.24) is 0 Å². The maximum absolute atomic E-state index is 11.7. The Labute approximate surface area is 139 Å². The molecule has 0 amide bonds. The maximum Gasteiger partial charge on any atom is 0.341 e. The fraction of sp³-hybridized carbons (Fsp3) is 0.0667. The summed E-state index contributed by atoms with van der Waals surface area (Å²) < 4.78 is 9.44. The zero-order valence-corrected chi connectivity index (χ0v) is 12.5. The monoisotopic (exact) mass is 346 g/mol. The number of carbonyl (C=O) groups excluding carboxylic acids is 2. The second-order valence-corrected chi connectivity index (χ2v) is 4.59. The van der Waals surface area contributed by atoms with Crippen molar-refractivity contribution >= 4 is 23.3 Å². The van der Waals surface area contributed by atoms with Crippen LogP contribution in [0.3, 0.4) is 0 Å². The van der Waals surface area contributed by atoms with Crippen molar-refractivity contribution in [2.75, 3.05) is 6.79 Å². The lowest BCUT2D eigenvalue weighted by atomic mass is 10.2. The number of benzene rings is 2. The second-order valence-electron chi connectivity index (χ2n) is 4.59. The van der Waals surface area contributed by atoms with Crippen molar-refractivity contribution < 1.29 is 28.9 Å². The summed E-state index contributed by atoms with van der Waals surface area (Å²) in [5.74, 6) is -1.65. The van der Waals surface area contributed by atoms with E-state index in [0.717, 1.165) is 24.3 Å². The Bertz CT molecular complexity index is 745. The van der Waals surface area contributed by atoms with Gasteiger partial charge >= 0.3 is 11.9 Å². The lowest BCUT2D eigenvalue weighted by Crippen LogP contribution is -2.13. The Hall–Kier alpha value is -3.82. The number of ether oxygens (including phenoxy) is 2. The maximum atomic E-state index is 11.7. The summed E-state index contributed by atoms with van der Waals surface area (Å²) in [5.41, 5.74) is -0.253. The first kappa shape index (κ1) is 17.5. The number of nitrogens with zero attached hydrogens (tertiary/aromatic N) is 2. The molecule has 0 aliphatic carbocycles. The van der Waals surface area contributed by atoms with Crippen LogP contribution in [0.2, 0.25) is 0 Å². The van der Waals surface area contributed by atoms with Crippen molar-refractivity contribution in [2.24, 2.45) is 0 Å². The highest BCUT2D eigenvalue weighted by atomic mass is 16.7. The molecule has 0 saturated carbocycles. The first-order valence-corrected chi connectivity index (χ1v) is 6.71. The minimum atomic E-state index is -0.827. The average Bonchev–Trinajstić information content (AvgIpc) is 2.61. The van der Waals surface area contributed by atoms with Crippen LogP contribution in [-0.2, 0) is 9.47 Å². The van der Waals surface area contributed by atoms with Gasteiger partial charge in [-0.05, 0) is 24.3 Å². The van der Waals surface area contributed by atoms with Gasteiger partial charge in [-0.15, -0.1) is 0 Å². The minimum absolute atomic E-state index is 0.0528. The standard InChI is InChI=1S/C15H10N2O8/c18-14(10-1-5-12(6-2-10)16(20)21)24-9-25-15(19)11-3-7-13(8-4-11)17(22)23/h1-8H,9H2. The molecule has 10 nitrogen and oxygen atoms in total. The summed E-state index contributed by atoms with van der Waals surface area (Å²) in [7, 11) is 0. The van der Waals surface area contributed by atoms with E-state index >= 15 is 0 Å². The molecule has 0 atom stereocenters. The SMILES string of the molecule is O=C(OCOC(=O)c1ccc([N+](=O)[O-])cc1)c1ccc([N+](=O)[O-])cc1. The van der Waals surface area contributed by atoms with Gasteiger partial charge in [0, 0.05) is 24.3 Å². The van der Waals surface area contributed by atoms with Gasteiger partial charge < -0.3 is 9.47 Å². The van der Waals surface area contributed by atoms with Crippen LogP contribution < -0.4 is 0 Å². The molecule has 0 bridgehead atoms. The van der Waals surface area contributed by atoms with E-state index in [4.69, 9.17) is 9.47 Å². The van der Waals surface area contributed by atoms with Gasteiger partial charge in [-0.25, -0.2) is 9.59 Å². The third kappa shape index (κ3) is 4.58. The highest BCUT2D eigenvalue weighted by Gasteiger charge is 2.13. The molecule has 2 rings (SSSR count). The van der Waals surface area contributed by atoms with Gasteiger partial charge in [-0.3, -0.25) is 20.2 Å². The Morgan fingerprint density at radius 2 is 1.04 bits per heavy atom. The third-order valence-electron chi connectivity index (χ3n) is 3.01. The van der Waals surface area contributed by atoms with E-state index < -0.39 is 28.6 Å². The number of carbonyl (C=O) groups is 2. The van der Waals surface area contributed by atoms with Crippen LogP contribution in [0.5, 0.6) is 0 Å². The quantitative estimate of drug-likeness (QED) is 0.336. The van der Waals surface area contributed by atoms with Crippen LogP contribution >= 0.6 is 0 Å². The zero-order valence-electron chi connectivity index (χ0n) is 12.5. The van der Waals surface area contributed by atoms with Crippen LogP contribution in [0.15, 0.2) is 48.5 Å². The zero-order chi connectivity index (χ0) is 18.4. The summed E-state index contributed by atoms with van der Waals surface area (Å²) in [6.45, 7) is -0.675. The summed E-state index contributed by atoms with van der Waals surface area (Å²) in [4.78, 5) is 43.2. The van der Waals surface area contributed by atoms with E-state index in [0.29, 0.717) is 0 Å². The fourth-order valence-corrected chi connectivity index (χ4v) is 1.74. The molecule has 10 heteroatoms. The topological polar surface area (TPSA) is 139 Å². The normalized spacial score (nSPS) is 9.92. The molecule has 0 radical (unpaired) electrons. The van der Waals surface area contributed by atoms with Crippen LogP contribution in [-0.4, -0.2) is 28.6 Å². The Morgan fingerprint density at radius 1 is 0.720 bits per heavy atom. The van der Waals surface area contributed by atoms with Gasteiger partial charge in [0.25, 0.3) is 11.4 Å². The summed E-state index contributed by atoms with van der Waals surface area (Å²) in [6, 6.07) is 9.38. The number of hydrogen-bond acceptors (Lipinski definition) is 8. The number of rotatable bonds is 6. The first-order chi connectivity index (χ1) is 11.9. The van der Waals surface area contributed by atoms with Crippen molar-refractivity contribution in [3.8, 4) is 0 Å². The third-order valence-corrected chi connectivity index (χ3v) is 3.01. The summed E-state index contributed by atoms with van der Waals surface area (Å²) in [6.07, 6.45) is 0. The molecular formula is C15H10N2O8. The lowest BCUT2D eigenvalue weighted by Gasteiger charge is -2.06. The molecule has 0 aromatic heterocycles. The van der Waals surface area contributed by atoms with Crippen LogP contribution in [0, 0.1) is 20.2 Å². The predicted octanol–water partition coefficient (Wildman–Crippen LogP) is 2.47. The van der Waals surface area contributed by atoms with Crippen LogP contribution in [0.25, 0.3) is 0 Å². The second kappa shape index (κ2) is 7.64. The molecule has 2 aromatic carbocycles. The Kier molecular flexibility index (Phi) is 5.36. The molecule has 0 N–H and O–H groups in total. The number of nitro groups is 2. The van der Waals surface area contributed by atoms with Gasteiger partial charge in [0.2, 0.25) is 6.79 Å². The molecule has 128 valence electrons. The molecule has 0 unspecified atom stereocenters. The van der Waals surface area contributed by atoms with Gasteiger partial charge in [-0.2, -0.15) is 0 Å². The van der Waals surface area contributed by atoms with Crippen LogP contribution in [0.1, 0.15) is 20.7 Å². The van der Waals surface area contributed by atoms with Crippen LogP contribution in [0.4, 0.5) is 11.4 Å². The lowest BCUT2D eigenvalue weighted by molar-refractivity contribution is -0.385. The summed E-state index contributed by atoms with van der Waals surface area (Å²) in [5, 5.41) is 21.0. The largest absolute Gasteiger partial charge is 0.424 e. The van der Waals surface area contributed by atoms with E-state index in [9.17, 15) is 29.8 Å². The van der Waals surface area contributed by atoms with Crippen molar-refractivity contribution in [3.05, 3.63) is 79.9 Å². The minimum Gasteiger partial charge on any atom is -0.424 e. The molecule has 25 heavy (non-hydrogen) atoms. The highest BCUT2D eigenvalue weighted by molar-refractivity contribution is 5.91. The predicted molar refractivity (Wildman–Crippen MR) is 81.9 cm³/mol. The van der Waals surface area contributed by atoms with Crippen molar-refractivity contribution in [2.45, 2.75) is 0 Å². The van der Waals surface area contributed by atoms with E-state index in [-0.39, 0.29) is 22.5 Å². The van der Waals surface area contributed by atoms with Crippen molar-refractivity contribution in [3.63, 3.8) is 0 Å². The number of non-ortho nitro benzene ring substituents is 2. The van der Waals surface area contributed by atoms with Gasteiger partial charge in [0.15, 0.2) is 0 Å². The molecule has 0 aliphatic heterocycles.